The Morgan fingerprint density at radius 3 is 2.62 bits per heavy atom. The Morgan fingerprint density at radius 1 is 1.62 bits per heavy atom. The van der Waals surface area contributed by atoms with Gasteiger partial charge >= 0.3 is 0 Å². The third-order valence-corrected chi connectivity index (χ3v) is 1.30. The molecule has 0 amide bonds. The van der Waals surface area contributed by atoms with Crippen molar-refractivity contribution in [2.45, 2.75) is 6.42 Å². The number of rotatable bonds is 1. The van der Waals surface area contributed by atoms with Crippen molar-refractivity contribution < 1.29 is 4.42 Å². The summed E-state index contributed by atoms with van der Waals surface area (Å²) in [5, 5.41) is 0. The van der Waals surface area contributed by atoms with Gasteiger partial charge in [0.25, 0.3) is 0 Å². The molecule has 1 rings (SSSR count). The Kier molecular flexibility index (Phi) is 1.73. The Bertz CT molecular complexity index is 169. The zero-order chi connectivity index (χ0) is 5.98. The number of halogens is 1. The van der Waals surface area contributed by atoms with Gasteiger partial charge in [-0.05, 0) is 35.0 Å². The minimum atomic E-state index is 0.714. The van der Waals surface area contributed by atoms with Crippen molar-refractivity contribution in [3.8, 4) is 0 Å². The van der Waals surface area contributed by atoms with Crippen LogP contribution in [0.2, 0.25) is 0 Å². The van der Waals surface area contributed by atoms with E-state index in [0.29, 0.717) is 6.42 Å². The van der Waals surface area contributed by atoms with E-state index >= 15 is 0 Å². The lowest BCUT2D eigenvalue weighted by atomic mass is 10.4. The fraction of sp³-hybridized carbons (Fsp3) is 0.167. The average Bonchev–Trinajstić information content (AvgIpc) is 2.14. The van der Waals surface area contributed by atoms with Crippen molar-refractivity contribution >= 4 is 15.9 Å². The number of hydrogen-bond acceptors (Lipinski definition) is 1. The lowest BCUT2D eigenvalue weighted by molar-refractivity contribution is 0.499. The molecule has 0 fully saturated rings. The summed E-state index contributed by atoms with van der Waals surface area (Å²) in [5.41, 5.74) is 0. The van der Waals surface area contributed by atoms with Gasteiger partial charge in [-0.15, -0.1) is 0 Å². The largest absolute Gasteiger partial charge is 0.454 e. The Morgan fingerprint density at radius 2 is 2.38 bits per heavy atom. The monoisotopic (exact) mass is 173 g/mol. The van der Waals surface area contributed by atoms with Crippen LogP contribution in [0.3, 0.4) is 0 Å². The second kappa shape index (κ2) is 2.35. The number of furan rings is 1. The summed E-state index contributed by atoms with van der Waals surface area (Å²) < 4.78 is 5.86. The van der Waals surface area contributed by atoms with E-state index in [1.807, 2.05) is 12.1 Å². The summed E-state index contributed by atoms with van der Waals surface area (Å²) in [6.45, 7) is 3.65. The molecule has 1 radical (unpaired) electrons. The molecule has 1 aromatic rings. The van der Waals surface area contributed by atoms with E-state index in [0.717, 1.165) is 10.4 Å². The molecule has 0 saturated heterocycles. The smallest absolute Gasteiger partial charge is 0.169 e. The summed E-state index contributed by atoms with van der Waals surface area (Å²) in [4.78, 5) is 0. The van der Waals surface area contributed by atoms with Crippen molar-refractivity contribution in [2.24, 2.45) is 0 Å². The lowest BCUT2D eigenvalue weighted by Gasteiger charge is -1.81. The van der Waals surface area contributed by atoms with Gasteiger partial charge in [0.2, 0.25) is 0 Å². The quantitative estimate of drug-likeness (QED) is 0.637. The second-order valence-electron chi connectivity index (χ2n) is 1.46. The van der Waals surface area contributed by atoms with E-state index in [9.17, 15) is 0 Å². The van der Waals surface area contributed by atoms with Crippen molar-refractivity contribution in [3.63, 3.8) is 0 Å². The van der Waals surface area contributed by atoms with Gasteiger partial charge in [0.1, 0.15) is 5.76 Å². The predicted octanol–water partition coefficient (Wildman–Crippen LogP) is 2.42. The van der Waals surface area contributed by atoms with Crippen LogP contribution in [0.25, 0.3) is 0 Å². The highest BCUT2D eigenvalue weighted by Gasteiger charge is 1.92. The summed E-state index contributed by atoms with van der Waals surface area (Å²) in [5.74, 6) is 0.914. The standard InChI is InChI=1S/C6H6BrO/c1-2-5-3-4-6(7)8-5/h3-4H,1-2H2. The fourth-order valence-electron chi connectivity index (χ4n) is 0.486. The molecule has 43 valence electrons. The Labute approximate surface area is 56.8 Å². The van der Waals surface area contributed by atoms with Crippen LogP contribution in [-0.4, -0.2) is 0 Å². The topological polar surface area (TPSA) is 13.1 Å². The molecule has 1 nitrogen and oxygen atoms in total. The molecule has 0 unspecified atom stereocenters. The second-order valence-corrected chi connectivity index (χ2v) is 2.24. The molecule has 0 spiro atoms. The maximum Gasteiger partial charge on any atom is 0.169 e. The van der Waals surface area contributed by atoms with Gasteiger partial charge in [-0.2, -0.15) is 0 Å². The van der Waals surface area contributed by atoms with Gasteiger partial charge < -0.3 is 4.42 Å². The third-order valence-electron chi connectivity index (χ3n) is 0.875. The van der Waals surface area contributed by atoms with Crippen molar-refractivity contribution in [1.82, 2.24) is 0 Å². The van der Waals surface area contributed by atoms with E-state index in [2.05, 4.69) is 22.9 Å². The van der Waals surface area contributed by atoms with E-state index < -0.39 is 0 Å². The Hall–Kier alpha value is -0.240. The molecule has 0 saturated carbocycles. The van der Waals surface area contributed by atoms with E-state index in [4.69, 9.17) is 4.42 Å². The van der Waals surface area contributed by atoms with E-state index in [-0.39, 0.29) is 0 Å². The zero-order valence-corrected chi connectivity index (χ0v) is 5.94. The normalized spacial score (nSPS) is 9.75. The summed E-state index contributed by atoms with van der Waals surface area (Å²) >= 11 is 3.18. The van der Waals surface area contributed by atoms with E-state index in [1.54, 1.807) is 0 Å². The summed E-state index contributed by atoms with van der Waals surface area (Å²) in [6.07, 6.45) is 0.714. The highest BCUT2D eigenvalue weighted by Crippen LogP contribution is 2.13. The minimum Gasteiger partial charge on any atom is -0.454 e. The van der Waals surface area contributed by atoms with Crippen molar-refractivity contribution in [1.29, 1.82) is 0 Å². The van der Waals surface area contributed by atoms with Crippen LogP contribution in [0, 0.1) is 6.92 Å². The fourth-order valence-corrected chi connectivity index (χ4v) is 0.826. The molecule has 0 N–H and O–H groups in total. The molecule has 2 heteroatoms. The van der Waals surface area contributed by atoms with Crippen molar-refractivity contribution in [2.75, 3.05) is 0 Å². The first-order valence-electron chi connectivity index (χ1n) is 2.36. The molecule has 0 aliphatic heterocycles. The van der Waals surface area contributed by atoms with Crippen LogP contribution in [0.15, 0.2) is 21.2 Å². The molecule has 8 heavy (non-hydrogen) atoms. The number of hydrogen-bond donors (Lipinski definition) is 0. The first-order valence-corrected chi connectivity index (χ1v) is 3.15. The molecule has 0 aromatic carbocycles. The molecule has 0 atom stereocenters. The van der Waals surface area contributed by atoms with Gasteiger partial charge in [0.15, 0.2) is 4.67 Å². The van der Waals surface area contributed by atoms with Gasteiger partial charge in [0.05, 0.1) is 0 Å². The van der Waals surface area contributed by atoms with E-state index in [1.165, 1.54) is 0 Å². The van der Waals surface area contributed by atoms with Gasteiger partial charge in [-0.25, -0.2) is 0 Å². The van der Waals surface area contributed by atoms with Crippen LogP contribution in [0.5, 0.6) is 0 Å². The molecule has 0 aliphatic rings. The molecule has 0 aliphatic carbocycles. The van der Waals surface area contributed by atoms with Gasteiger partial charge in [-0.3, -0.25) is 0 Å². The van der Waals surface area contributed by atoms with Crippen LogP contribution in [-0.2, 0) is 6.42 Å². The van der Waals surface area contributed by atoms with Gasteiger partial charge in [-0.1, -0.05) is 0 Å². The summed E-state index contributed by atoms with van der Waals surface area (Å²) in [7, 11) is 0. The van der Waals surface area contributed by atoms with Crippen LogP contribution in [0.1, 0.15) is 5.76 Å². The highest BCUT2D eigenvalue weighted by molar-refractivity contribution is 9.10. The average molecular weight is 174 g/mol. The Balaban J connectivity index is 2.84. The first-order chi connectivity index (χ1) is 3.83. The lowest BCUT2D eigenvalue weighted by Crippen LogP contribution is -1.67. The van der Waals surface area contributed by atoms with Gasteiger partial charge in [0, 0.05) is 6.42 Å². The SMILES string of the molecule is [CH2]Cc1ccc(Br)o1. The van der Waals surface area contributed by atoms with Crippen LogP contribution >= 0.6 is 15.9 Å². The van der Waals surface area contributed by atoms with Crippen LogP contribution in [0.4, 0.5) is 0 Å². The molecule has 1 heterocycles. The van der Waals surface area contributed by atoms with Crippen LogP contribution < -0.4 is 0 Å². The zero-order valence-electron chi connectivity index (χ0n) is 4.36. The molecule has 1 aromatic heterocycles. The maximum absolute atomic E-state index is 5.09. The minimum absolute atomic E-state index is 0.714. The highest BCUT2D eigenvalue weighted by atomic mass is 79.9. The predicted molar refractivity (Wildman–Crippen MR) is 35.5 cm³/mol. The maximum atomic E-state index is 5.09. The first kappa shape index (κ1) is 5.89. The van der Waals surface area contributed by atoms with Crippen molar-refractivity contribution in [3.05, 3.63) is 29.5 Å². The summed E-state index contributed by atoms with van der Waals surface area (Å²) in [6, 6.07) is 3.76. The third kappa shape index (κ3) is 1.13. The molecular weight excluding hydrogens is 168 g/mol. The molecule has 0 bridgehead atoms. The molecular formula is C6H6BrO.